The van der Waals surface area contributed by atoms with Crippen LogP contribution in [0.15, 0.2) is 35.0 Å². The van der Waals surface area contributed by atoms with E-state index < -0.39 is 5.97 Å². The predicted octanol–water partition coefficient (Wildman–Crippen LogP) is 3.03. The summed E-state index contributed by atoms with van der Waals surface area (Å²) in [5, 5.41) is 0. The fourth-order valence-electron chi connectivity index (χ4n) is 2.99. The average Bonchev–Trinajstić information content (AvgIpc) is 2.84. The van der Waals surface area contributed by atoms with Gasteiger partial charge < -0.3 is 19.1 Å². The van der Waals surface area contributed by atoms with Crippen LogP contribution in [0.1, 0.15) is 26.3 Å². The topological polar surface area (TPSA) is 65.1 Å². The minimum atomic E-state index is -0.532. The van der Waals surface area contributed by atoms with Gasteiger partial charge in [-0.2, -0.15) is 0 Å². The largest absolute Gasteiger partial charge is 0.493 e. The van der Waals surface area contributed by atoms with Crippen molar-refractivity contribution in [3.05, 3.63) is 40.6 Å². The maximum absolute atomic E-state index is 13.0. The van der Waals surface area contributed by atoms with Gasteiger partial charge in [0.2, 0.25) is 0 Å². The summed E-state index contributed by atoms with van der Waals surface area (Å²) in [4.78, 5) is 26.9. The first-order valence-corrected chi connectivity index (χ1v) is 8.39. The van der Waals surface area contributed by atoms with Gasteiger partial charge in [0, 0.05) is 17.8 Å². The van der Waals surface area contributed by atoms with Crippen molar-refractivity contribution >= 4 is 18.0 Å². The second-order valence-electron chi connectivity index (χ2n) is 6.40. The zero-order valence-corrected chi connectivity index (χ0v) is 16.1. The molecule has 0 saturated carbocycles. The van der Waals surface area contributed by atoms with Crippen molar-refractivity contribution in [2.45, 2.75) is 20.8 Å². The molecule has 140 valence electrons. The van der Waals surface area contributed by atoms with Crippen LogP contribution in [0.5, 0.6) is 11.5 Å². The molecule has 1 aliphatic heterocycles. The number of amides is 1. The highest BCUT2D eigenvalue weighted by Gasteiger charge is 2.37. The van der Waals surface area contributed by atoms with Crippen LogP contribution < -0.4 is 9.47 Å². The molecule has 0 fully saturated rings. The third kappa shape index (κ3) is 3.59. The number of esters is 1. The molecule has 1 aromatic rings. The SMILES string of the molecule is COC(=O)C1=C(C)N(CC(C)C)C(=O)/C1=C/c1cccc(OC)c1OC. The Balaban J connectivity index is 2.61. The molecule has 26 heavy (non-hydrogen) atoms. The molecule has 0 unspecified atom stereocenters. The van der Waals surface area contributed by atoms with Gasteiger partial charge >= 0.3 is 5.97 Å². The van der Waals surface area contributed by atoms with Crippen molar-refractivity contribution in [3.8, 4) is 11.5 Å². The van der Waals surface area contributed by atoms with Gasteiger partial charge in [-0.3, -0.25) is 4.79 Å². The zero-order valence-electron chi connectivity index (χ0n) is 16.1. The highest BCUT2D eigenvalue weighted by molar-refractivity contribution is 6.16. The highest BCUT2D eigenvalue weighted by atomic mass is 16.5. The molecule has 0 aliphatic carbocycles. The van der Waals surface area contributed by atoms with Gasteiger partial charge in [-0.15, -0.1) is 0 Å². The molecule has 6 heteroatoms. The highest BCUT2D eigenvalue weighted by Crippen LogP contribution is 2.36. The van der Waals surface area contributed by atoms with Crippen LogP contribution in [-0.2, 0) is 14.3 Å². The Morgan fingerprint density at radius 2 is 1.88 bits per heavy atom. The van der Waals surface area contributed by atoms with E-state index in [2.05, 4.69) is 0 Å². The molecule has 0 N–H and O–H groups in total. The smallest absolute Gasteiger partial charge is 0.340 e. The van der Waals surface area contributed by atoms with Crippen molar-refractivity contribution in [1.82, 2.24) is 4.90 Å². The first-order chi connectivity index (χ1) is 12.3. The first kappa shape index (κ1) is 19.6. The van der Waals surface area contributed by atoms with E-state index in [-0.39, 0.29) is 17.4 Å². The van der Waals surface area contributed by atoms with Crippen LogP contribution in [-0.4, -0.2) is 44.7 Å². The van der Waals surface area contributed by atoms with E-state index in [0.717, 1.165) is 0 Å². The van der Waals surface area contributed by atoms with Crippen molar-refractivity contribution < 1.29 is 23.8 Å². The quantitative estimate of drug-likeness (QED) is 0.577. The lowest BCUT2D eigenvalue weighted by Crippen LogP contribution is -2.28. The average molecular weight is 359 g/mol. The van der Waals surface area contributed by atoms with Crippen molar-refractivity contribution in [2.75, 3.05) is 27.9 Å². The number of ether oxygens (including phenoxy) is 3. The lowest BCUT2D eigenvalue weighted by Gasteiger charge is -2.20. The molecular formula is C20H25NO5. The Bertz CT molecular complexity index is 776. The number of benzene rings is 1. The summed E-state index contributed by atoms with van der Waals surface area (Å²) in [6.45, 7) is 6.32. The zero-order chi connectivity index (χ0) is 19.4. The predicted molar refractivity (Wildman–Crippen MR) is 98.8 cm³/mol. The van der Waals surface area contributed by atoms with E-state index >= 15 is 0 Å². The Labute approximate surface area is 154 Å². The molecule has 0 atom stereocenters. The summed E-state index contributed by atoms with van der Waals surface area (Å²) in [5.74, 6) is 0.557. The third-order valence-corrected chi connectivity index (χ3v) is 4.18. The molecule has 6 nitrogen and oxygen atoms in total. The van der Waals surface area contributed by atoms with Gasteiger partial charge in [-0.25, -0.2) is 4.79 Å². The molecule has 0 radical (unpaired) electrons. The molecule has 2 rings (SSSR count). The minimum absolute atomic E-state index is 0.221. The van der Waals surface area contributed by atoms with Gasteiger partial charge in [-0.1, -0.05) is 26.0 Å². The molecule has 0 bridgehead atoms. The van der Waals surface area contributed by atoms with E-state index in [9.17, 15) is 9.59 Å². The van der Waals surface area contributed by atoms with Crippen LogP contribution in [0.2, 0.25) is 0 Å². The Morgan fingerprint density at radius 3 is 2.42 bits per heavy atom. The summed E-state index contributed by atoms with van der Waals surface area (Å²) in [6.07, 6.45) is 1.65. The number of allylic oxidation sites excluding steroid dienone is 1. The van der Waals surface area contributed by atoms with Gasteiger partial charge in [0.1, 0.15) is 0 Å². The summed E-state index contributed by atoms with van der Waals surface area (Å²) >= 11 is 0. The summed E-state index contributed by atoms with van der Waals surface area (Å²) in [6, 6.07) is 5.37. The van der Waals surface area contributed by atoms with Gasteiger partial charge in [0.25, 0.3) is 5.91 Å². The van der Waals surface area contributed by atoms with Crippen molar-refractivity contribution in [2.24, 2.45) is 5.92 Å². The van der Waals surface area contributed by atoms with Crippen LogP contribution in [0.4, 0.5) is 0 Å². The molecule has 0 aromatic heterocycles. The number of para-hydroxylation sites is 1. The third-order valence-electron chi connectivity index (χ3n) is 4.18. The number of hydrogen-bond donors (Lipinski definition) is 0. The van der Waals surface area contributed by atoms with Crippen LogP contribution in [0.25, 0.3) is 6.08 Å². The lowest BCUT2D eigenvalue weighted by atomic mass is 10.0. The molecule has 0 saturated heterocycles. The number of carbonyl (C=O) groups excluding carboxylic acids is 2. The van der Waals surface area contributed by atoms with E-state index in [1.807, 2.05) is 13.8 Å². The molecule has 1 aliphatic rings. The first-order valence-electron chi connectivity index (χ1n) is 8.39. The fourth-order valence-corrected chi connectivity index (χ4v) is 2.99. The summed E-state index contributed by atoms with van der Waals surface area (Å²) in [7, 11) is 4.38. The molecule has 1 heterocycles. The lowest BCUT2D eigenvalue weighted by molar-refractivity contribution is -0.136. The van der Waals surface area contributed by atoms with Gasteiger partial charge in [0.05, 0.1) is 32.5 Å². The maximum Gasteiger partial charge on any atom is 0.340 e. The maximum atomic E-state index is 13.0. The second-order valence-corrected chi connectivity index (χ2v) is 6.40. The monoisotopic (exact) mass is 359 g/mol. The van der Waals surface area contributed by atoms with Crippen LogP contribution in [0, 0.1) is 5.92 Å². The van der Waals surface area contributed by atoms with Crippen molar-refractivity contribution in [3.63, 3.8) is 0 Å². The van der Waals surface area contributed by atoms with Gasteiger partial charge in [0.15, 0.2) is 11.5 Å². The molecule has 0 spiro atoms. The minimum Gasteiger partial charge on any atom is -0.493 e. The standard InChI is InChI=1S/C20H25NO5/c1-12(2)11-21-13(3)17(20(23)26-6)15(19(21)22)10-14-8-7-9-16(24-4)18(14)25-5/h7-10,12H,11H2,1-6H3/b15-10+. The number of carbonyl (C=O) groups is 2. The number of methoxy groups -OCH3 is 3. The van der Waals surface area contributed by atoms with E-state index in [4.69, 9.17) is 14.2 Å². The Kier molecular flexibility index (Phi) is 6.08. The van der Waals surface area contributed by atoms with E-state index in [1.165, 1.54) is 14.2 Å². The summed E-state index contributed by atoms with van der Waals surface area (Å²) < 4.78 is 15.6. The number of hydrogen-bond acceptors (Lipinski definition) is 5. The fraction of sp³-hybridized carbons (Fsp3) is 0.400. The van der Waals surface area contributed by atoms with Crippen LogP contribution in [0.3, 0.4) is 0 Å². The Hall–Kier alpha value is -2.76. The summed E-state index contributed by atoms with van der Waals surface area (Å²) in [5.41, 5.74) is 1.82. The normalized spacial score (nSPS) is 15.9. The number of rotatable bonds is 6. The van der Waals surface area contributed by atoms with Crippen molar-refractivity contribution in [1.29, 1.82) is 0 Å². The van der Waals surface area contributed by atoms with E-state index in [1.54, 1.807) is 43.2 Å². The van der Waals surface area contributed by atoms with Gasteiger partial charge in [-0.05, 0) is 25.0 Å². The molecular weight excluding hydrogens is 334 g/mol. The molecule has 1 amide bonds. The molecule has 1 aromatic carbocycles. The van der Waals surface area contributed by atoms with E-state index in [0.29, 0.717) is 34.9 Å². The number of nitrogens with zero attached hydrogens (tertiary/aromatic N) is 1. The second kappa shape index (κ2) is 8.08. The Morgan fingerprint density at radius 1 is 1.19 bits per heavy atom. The van der Waals surface area contributed by atoms with Crippen LogP contribution >= 0.6 is 0 Å².